The molecule has 4 aromatic rings. The summed E-state index contributed by atoms with van der Waals surface area (Å²) in [7, 11) is 0. The number of para-hydroxylation sites is 1. The van der Waals surface area contributed by atoms with Crippen LogP contribution in [0, 0.1) is 0 Å². The third-order valence-corrected chi connectivity index (χ3v) is 5.03. The van der Waals surface area contributed by atoms with Crippen LogP contribution in [0.5, 0.6) is 5.75 Å². The number of hydrogen-bond donors (Lipinski definition) is 3. The number of nitrogens with two attached hydrogens (primary N) is 1. The summed E-state index contributed by atoms with van der Waals surface area (Å²) in [6, 6.07) is 29.3. The van der Waals surface area contributed by atoms with Crippen molar-refractivity contribution in [3.8, 4) is 5.75 Å². The van der Waals surface area contributed by atoms with Crippen molar-refractivity contribution in [2.24, 2.45) is 0 Å². The van der Waals surface area contributed by atoms with Gasteiger partial charge in [0.05, 0.1) is 0 Å². The second-order valence-corrected chi connectivity index (χ2v) is 7.56. The first kappa shape index (κ1) is 22.6. The number of rotatable bonds is 10. The zero-order valence-corrected chi connectivity index (χ0v) is 18.6. The molecular weight excluding hydrogens is 428 g/mol. The number of hydrogen-bond acceptors (Lipinski definition) is 7. The molecule has 1 amide bonds. The minimum atomic E-state index is -0.367. The highest BCUT2D eigenvalue weighted by atomic mass is 16.5. The van der Waals surface area contributed by atoms with Gasteiger partial charge in [-0.2, -0.15) is 0 Å². The molecular formula is C26H26N6O2. The summed E-state index contributed by atoms with van der Waals surface area (Å²) in [5.41, 5.74) is 14.4. The molecule has 34 heavy (non-hydrogen) atoms. The molecule has 0 bridgehead atoms. The van der Waals surface area contributed by atoms with Gasteiger partial charge in [0.25, 0.3) is 5.91 Å². The van der Waals surface area contributed by atoms with Crippen LogP contribution in [0.4, 0.5) is 17.3 Å². The molecule has 172 valence electrons. The van der Waals surface area contributed by atoms with Crippen LogP contribution in [0.25, 0.3) is 0 Å². The predicted molar refractivity (Wildman–Crippen MR) is 133 cm³/mol. The van der Waals surface area contributed by atoms with E-state index in [2.05, 4.69) is 50.0 Å². The highest BCUT2D eigenvalue weighted by Gasteiger charge is 2.17. The largest absolute Gasteiger partial charge is 0.484 e. The summed E-state index contributed by atoms with van der Waals surface area (Å²) < 4.78 is 5.46. The van der Waals surface area contributed by atoms with Crippen molar-refractivity contribution in [1.29, 1.82) is 0 Å². The van der Waals surface area contributed by atoms with Gasteiger partial charge in [-0.15, -0.1) is 0 Å². The number of amides is 1. The van der Waals surface area contributed by atoms with Gasteiger partial charge in [-0.05, 0) is 23.3 Å². The summed E-state index contributed by atoms with van der Waals surface area (Å²) in [4.78, 5) is 22.9. The summed E-state index contributed by atoms with van der Waals surface area (Å²) in [5.74, 6) is 1.12. The van der Waals surface area contributed by atoms with Crippen molar-refractivity contribution in [2.75, 3.05) is 22.7 Å². The number of nitrogens with one attached hydrogen (secondary N) is 2. The van der Waals surface area contributed by atoms with Gasteiger partial charge in [0.15, 0.2) is 18.2 Å². The Hall–Kier alpha value is -4.59. The summed E-state index contributed by atoms with van der Waals surface area (Å²) in [6.45, 7) is 1.06. The number of anilines is 3. The predicted octanol–water partition coefficient (Wildman–Crippen LogP) is 3.79. The van der Waals surface area contributed by atoms with Crippen LogP contribution in [-0.4, -0.2) is 22.5 Å². The van der Waals surface area contributed by atoms with Crippen molar-refractivity contribution in [1.82, 2.24) is 15.4 Å². The van der Waals surface area contributed by atoms with Crippen molar-refractivity contribution in [3.63, 3.8) is 0 Å². The average Bonchev–Trinajstić information content (AvgIpc) is 2.88. The van der Waals surface area contributed by atoms with Crippen LogP contribution in [0.3, 0.4) is 0 Å². The number of ether oxygens (including phenoxy) is 1. The first-order valence-corrected chi connectivity index (χ1v) is 10.8. The minimum absolute atomic E-state index is 0.150. The molecule has 0 radical (unpaired) electrons. The van der Waals surface area contributed by atoms with E-state index in [1.165, 1.54) is 6.33 Å². The van der Waals surface area contributed by atoms with Crippen LogP contribution in [0.15, 0.2) is 97.3 Å². The molecule has 8 nitrogen and oxygen atoms in total. The van der Waals surface area contributed by atoms with Gasteiger partial charge in [-0.3, -0.25) is 15.6 Å². The molecule has 4 N–H and O–H groups in total. The highest BCUT2D eigenvalue weighted by molar-refractivity contribution is 5.81. The maximum absolute atomic E-state index is 12.2. The monoisotopic (exact) mass is 454 g/mol. The standard InChI is InChI=1S/C26H26N6O2/c27-24-25(31-30-23(33)18-34-22-14-8-3-9-15-22)28-19-29-26(24)32(16-20-10-4-1-5-11-20)17-21-12-6-2-7-13-21/h1-15,19H,16-18,27H2,(H,30,33)(H,28,29,31). The van der Waals surface area contributed by atoms with Gasteiger partial charge in [0.2, 0.25) is 0 Å². The third-order valence-electron chi connectivity index (χ3n) is 5.03. The Morgan fingerprint density at radius 3 is 1.97 bits per heavy atom. The first-order chi connectivity index (χ1) is 16.7. The topological polar surface area (TPSA) is 105 Å². The van der Waals surface area contributed by atoms with Crippen molar-refractivity contribution in [3.05, 3.63) is 108 Å². The maximum Gasteiger partial charge on any atom is 0.276 e. The lowest BCUT2D eigenvalue weighted by Crippen LogP contribution is -2.34. The molecule has 0 fully saturated rings. The van der Waals surface area contributed by atoms with E-state index in [-0.39, 0.29) is 12.5 Å². The van der Waals surface area contributed by atoms with Crippen LogP contribution in [-0.2, 0) is 17.9 Å². The Balaban J connectivity index is 1.47. The number of carbonyl (C=O) groups excluding carboxylic acids is 1. The number of nitrogens with zero attached hydrogens (tertiary/aromatic N) is 3. The van der Waals surface area contributed by atoms with Gasteiger partial charge in [0.1, 0.15) is 17.8 Å². The summed E-state index contributed by atoms with van der Waals surface area (Å²) >= 11 is 0. The summed E-state index contributed by atoms with van der Waals surface area (Å²) in [5, 5.41) is 0. The normalized spacial score (nSPS) is 10.4. The highest BCUT2D eigenvalue weighted by Crippen LogP contribution is 2.28. The van der Waals surface area contributed by atoms with E-state index in [0.717, 1.165) is 11.1 Å². The lowest BCUT2D eigenvalue weighted by atomic mass is 10.1. The number of carbonyl (C=O) groups is 1. The van der Waals surface area contributed by atoms with Crippen LogP contribution in [0.2, 0.25) is 0 Å². The van der Waals surface area contributed by atoms with Gasteiger partial charge in [0, 0.05) is 13.1 Å². The number of benzene rings is 3. The molecule has 8 heteroatoms. The van der Waals surface area contributed by atoms with E-state index in [0.29, 0.717) is 36.2 Å². The molecule has 3 aromatic carbocycles. The van der Waals surface area contributed by atoms with Crippen LogP contribution in [0.1, 0.15) is 11.1 Å². The minimum Gasteiger partial charge on any atom is -0.484 e. The van der Waals surface area contributed by atoms with Crippen LogP contribution >= 0.6 is 0 Å². The third kappa shape index (κ3) is 6.23. The molecule has 1 aromatic heterocycles. The van der Waals surface area contributed by atoms with Gasteiger partial charge in [-0.1, -0.05) is 78.9 Å². The van der Waals surface area contributed by atoms with Gasteiger partial charge >= 0.3 is 0 Å². The number of aromatic nitrogens is 2. The molecule has 0 aliphatic carbocycles. The molecule has 4 rings (SSSR count). The lowest BCUT2D eigenvalue weighted by molar-refractivity contribution is -0.122. The number of nitrogen functional groups attached to an aromatic ring is 1. The quantitative estimate of drug-likeness (QED) is 0.313. The van der Waals surface area contributed by atoms with Crippen LogP contribution < -0.4 is 26.2 Å². The first-order valence-electron chi connectivity index (χ1n) is 10.8. The second-order valence-electron chi connectivity index (χ2n) is 7.56. The molecule has 0 atom stereocenters. The Bertz CT molecular complexity index is 1150. The van der Waals surface area contributed by atoms with E-state index >= 15 is 0 Å². The zero-order chi connectivity index (χ0) is 23.6. The second kappa shape index (κ2) is 11.3. The molecule has 0 saturated carbocycles. The fourth-order valence-electron chi connectivity index (χ4n) is 3.38. The van der Waals surface area contributed by atoms with E-state index in [4.69, 9.17) is 10.5 Å². The van der Waals surface area contributed by atoms with Crippen molar-refractivity contribution in [2.45, 2.75) is 13.1 Å². The Morgan fingerprint density at radius 2 is 1.38 bits per heavy atom. The lowest BCUT2D eigenvalue weighted by Gasteiger charge is -2.26. The average molecular weight is 455 g/mol. The molecule has 0 unspecified atom stereocenters. The van der Waals surface area contributed by atoms with Gasteiger partial charge < -0.3 is 15.4 Å². The maximum atomic E-state index is 12.2. The molecule has 0 aliphatic rings. The zero-order valence-electron chi connectivity index (χ0n) is 18.6. The molecule has 1 heterocycles. The van der Waals surface area contributed by atoms with E-state index < -0.39 is 0 Å². The summed E-state index contributed by atoms with van der Waals surface area (Å²) in [6.07, 6.45) is 1.42. The van der Waals surface area contributed by atoms with Crippen molar-refractivity contribution < 1.29 is 9.53 Å². The smallest absolute Gasteiger partial charge is 0.276 e. The molecule has 0 aliphatic heterocycles. The van der Waals surface area contributed by atoms with E-state index in [1.807, 2.05) is 54.6 Å². The molecule has 0 saturated heterocycles. The van der Waals surface area contributed by atoms with E-state index in [9.17, 15) is 4.79 Å². The Labute approximate surface area is 198 Å². The molecule has 0 spiro atoms. The van der Waals surface area contributed by atoms with Gasteiger partial charge in [-0.25, -0.2) is 9.97 Å². The Kier molecular flexibility index (Phi) is 7.53. The Morgan fingerprint density at radius 1 is 0.824 bits per heavy atom. The fraction of sp³-hybridized carbons (Fsp3) is 0.115. The van der Waals surface area contributed by atoms with Crippen molar-refractivity contribution >= 4 is 23.2 Å². The SMILES string of the molecule is Nc1c(NNC(=O)COc2ccccc2)ncnc1N(Cc1ccccc1)Cc1ccccc1. The fourth-order valence-corrected chi connectivity index (χ4v) is 3.38. The van der Waals surface area contributed by atoms with E-state index in [1.54, 1.807) is 12.1 Å². The number of hydrazine groups is 1.